The van der Waals surface area contributed by atoms with E-state index in [1.807, 2.05) is 5.38 Å². The Labute approximate surface area is 160 Å². The first kappa shape index (κ1) is 19.3. The Morgan fingerprint density at radius 2 is 2.08 bits per heavy atom. The standard InChI is InChI=1S/C20H31N3O2S/c1-4-20(2,3)14-7-9-15(10-8-14)21-17(24)12-16-13-26-19(22-16)23-11-5-6-18(23)25/h13-15H,4-12H2,1-3H3,(H,21,24). The predicted molar refractivity (Wildman–Crippen MR) is 105 cm³/mol. The third-order valence-electron chi connectivity index (χ3n) is 6.29. The van der Waals surface area contributed by atoms with Gasteiger partial charge in [-0.25, -0.2) is 4.98 Å². The van der Waals surface area contributed by atoms with E-state index in [0.29, 0.717) is 24.3 Å². The van der Waals surface area contributed by atoms with E-state index in [9.17, 15) is 9.59 Å². The fourth-order valence-corrected chi connectivity index (χ4v) is 4.97. The number of aromatic nitrogens is 1. The number of carbonyl (C=O) groups is 2. The summed E-state index contributed by atoms with van der Waals surface area (Å²) in [5.74, 6) is 0.953. The molecule has 0 bridgehead atoms. The second kappa shape index (κ2) is 8.07. The van der Waals surface area contributed by atoms with Gasteiger partial charge in [0.05, 0.1) is 12.1 Å². The van der Waals surface area contributed by atoms with Gasteiger partial charge in [0.2, 0.25) is 11.8 Å². The molecule has 1 N–H and O–H groups in total. The highest BCUT2D eigenvalue weighted by molar-refractivity contribution is 7.14. The molecule has 1 aromatic rings. The molecule has 0 spiro atoms. The summed E-state index contributed by atoms with van der Waals surface area (Å²) >= 11 is 1.46. The summed E-state index contributed by atoms with van der Waals surface area (Å²) in [5.41, 5.74) is 1.17. The van der Waals surface area contributed by atoms with Crippen molar-refractivity contribution in [2.24, 2.45) is 11.3 Å². The van der Waals surface area contributed by atoms with Crippen molar-refractivity contribution in [3.05, 3.63) is 11.1 Å². The second-order valence-electron chi connectivity index (χ2n) is 8.41. The summed E-state index contributed by atoms with van der Waals surface area (Å²) in [6, 6.07) is 0.296. The number of hydrogen-bond donors (Lipinski definition) is 1. The van der Waals surface area contributed by atoms with Crippen LogP contribution in [-0.4, -0.2) is 29.4 Å². The van der Waals surface area contributed by atoms with Gasteiger partial charge in [0.1, 0.15) is 0 Å². The molecule has 2 aliphatic rings. The van der Waals surface area contributed by atoms with Gasteiger partial charge >= 0.3 is 0 Å². The van der Waals surface area contributed by atoms with Gasteiger partial charge in [0.15, 0.2) is 5.13 Å². The van der Waals surface area contributed by atoms with E-state index in [4.69, 9.17) is 0 Å². The van der Waals surface area contributed by atoms with Crippen LogP contribution in [0, 0.1) is 11.3 Å². The fourth-order valence-electron chi connectivity index (χ4n) is 4.10. The monoisotopic (exact) mass is 377 g/mol. The highest BCUT2D eigenvalue weighted by atomic mass is 32.1. The molecule has 6 heteroatoms. The molecule has 0 aromatic carbocycles. The lowest BCUT2D eigenvalue weighted by Crippen LogP contribution is -2.40. The minimum atomic E-state index is 0.0489. The Morgan fingerprint density at radius 3 is 2.69 bits per heavy atom. The molecule has 2 fully saturated rings. The number of hydrogen-bond acceptors (Lipinski definition) is 4. The van der Waals surface area contributed by atoms with Crippen molar-refractivity contribution in [2.75, 3.05) is 11.4 Å². The van der Waals surface area contributed by atoms with Crippen LogP contribution in [0.25, 0.3) is 0 Å². The van der Waals surface area contributed by atoms with E-state index in [0.717, 1.165) is 42.6 Å². The molecule has 0 atom stereocenters. The minimum Gasteiger partial charge on any atom is -0.353 e. The van der Waals surface area contributed by atoms with E-state index in [1.165, 1.54) is 30.6 Å². The lowest BCUT2D eigenvalue weighted by Gasteiger charge is -2.39. The summed E-state index contributed by atoms with van der Waals surface area (Å²) < 4.78 is 0. The smallest absolute Gasteiger partial charge is 0.228 e. The first-order valence-corrected chi connectivity index (χ1v) is 10.8. The zero-order valence-corrected chi connectivity index (χ0v) is 17.0. The quantitative estimate of drug-likeness (QED) is 0.817. The molecule has 1 aliphatic heterocycles. The van der Waals surface area contributed by atoms with Crippen molar-refractivity contribution in [2.45, 2.75) is 78.2 Å². The number of carbonyl (C=O) groups excluding carboxylic acids is 2. The number of nitrogens with zero attached hydrogens (tertiary/aromatic N) is 2. The van der Waals surface area contributed by atoms with E-state index < -0.39 is 0 Å². The average Bonchev–Trinajstić information content (AvgIpc) is 3.24. The molecule has 1 saturated heterocycles. The molecule has 1 aromatic heterocycles. The predicted octanol–water partition coefficient (Wildman–Crippen LogP) is 3.92. The molecule has 5 nitrogen and oxygen atoms in total. The van der Waals surface area contributed by atoms with Crippen LogP contribution in [0.2, 0.25) is 0 Å². The molecule has 2 heterocycles. The number of anilines is 1. The Hall–Kier alpha value is -1.43. The summed E-state index contributed by atoms with van der Waals surface area (Å²) in [7, 11) is 0. The van der Waals surface area contributed by atoms with Crippen LogP contribution in [0.15, 0.2) is 5.38 Å². The fraction of sp³-hybridized carbons (Fsp3) is 0.750. The van der Waals surface area contributed by atoms with Crippen molar-refractivity contribution in [1.29, 1.82) is 0 Å². The third-order valence-corrected chi connectivity index (χ3v) is 7.21. The summed E-state index contributed by atoms with van der Waals surface area (Å²) in [6.07, 6.45) is 7.56. The molecule has 3 rings (SSSR count). The van der Waals surface area contributed by atoms with Crippen molar-refractivity contribution in [1.82, 2.24) is 10.3 Å². The molecule has 2 amide bonds. The van der Waals surface area contributed by atoms with E-state index >= 15 is 0 Å². The minimum absolute atomic E-state index is 0.0489. The zero-order valence-electron chi connectivity index (χ0n) is 16.2. The number of rotatable bonds is 6. The van der Waals surface area contributed by atoms with Crippen LogP contribution in [0.3, 0.4) is 0 Å². The van der Waals surface area contributed by atoms with E-state index in [1.54, 1.807) is 4.90 Å². The molecule has 26 heavy (non-hydrogen) atoms. The molecule has 0 unspecified atom stereocenters. The van der Waals surface area contributed by atoms with Gasteiger partial charge in [0, 0.05) is 24.4 Å². The molecular formula is C20H31N3O2S. The first-order chi connectivity index (χ1) is 12.4. The van der Waals surface area contributed by atoms with Crippen molar-refractivity contribution >= 4 is 28.3 Å². The van der Waals surface area contributed by atoms with E-state index in [2.05, 4.69) is 31.1 Å². The normalized spacial score (nSPS) is 24.1. The largest absolute Gasteiger partial charge is 0.353 e. The maximum absolute atomic E-state index is 12.4. The van der Waals surface area contributed by atoms with Gasteiger partial charge in [-0.15, -0.1) is 11.3 Å². The van der Waals surface area contributed by atoms with Gasteiger partial charge in [0.25, 0.3) is 0 Å². The van der Waals surface area contributed by atoms with Crippen molar-refractivity contribution in [3.8, 4) is 0 Å². The van der Waals surface area contributed by atoms with Gasteiger partial charge in [-0.1, -0.05) is 27.2 Å². The maximum Gasteiger partial charge on any atom is 0.228 e. The molecule has 0 radical (unpaired) electrons. The van der Waals surface area contributed by atoms with Gasteiger partial charge < -0.3 is 5.32 Å². The van der Waals surface area contributed by atoms with Gasteiger partial charge in [-0.2, -0.15) is 0 Å². The average molecular weight is 378 g/mol. The SMILES string of the molecule is CCC(C)(C)C1CCC(NC(=O)Cc2csc(N3CCCC3=O)n2)CC1. The van der Waals surface area contributed by atoms with Crippen LogP contribution < -0.4 is 10.2 Å². The Morgan fingerprint density at radius 1 is 1.35 bits per heavy atom. The lowest BCUT2D eigenvalue weighted by atomic mass is 9.69. The number of amides is 2. The van der Waals surface area contributed by atoms with Crippen molar-refractivity contribution < 1.29 is 9.59 Å². The topological polar surface area (TPSA) is 62.3 Å². The van der Waals surface area contributed by atoms with Crippen molar-refractivity contribution in [3.63, 3.8) is 0 Å². The highest BCUT2D eigenvalue weighted by Gasteiger charge is 2.32. The summed E-state index contributed by atoms with van der Waals surface area (Å²) in [5, 5.41) is 5.83. The van der Waals surface area contributed by atoms with Crippen LogP contribution in [0.1, 0.15) is 71.4 Å². The lowest BCUT2D eigenvalue weighted by molar-refractivity contribution is -0.121. The molecule has 1 saturated carbocycles. The highest BCUT2D eigenvalue weighted by Crippen LogP contribution is 2.40. The second-order valence-corrected chi connectivity index (χ2v) is 9.24. The Bertz CT molecular complexity index is 647. The molecule has 144 valence electrons. The Balaban J connectivity index is 1.46. The number of thiazole rings is 1. The summed E-state index contributed by atoms with van der Waals surface area (Å²) in [6.45, 7) is 7.74. The zero-order chi connectivity index (χ0) is 18.7. The van der Waals surface area contributed by atoms with Crippen LogP contribution in [0.4, 0.5) is 5.13 Å². The Kier molecular flexibility index (Phi) is 6.00. The number of nitrogens with one attached hydrogen (secondary N) is 1. The van der Waals surface area contributed by atoms with Gasteiger partial charge in [-0.05, 0) is 43.4 Å². The van der Waals surface area contributed by atoms with Crippen LogP contribution in [0.5, 0.6) is 0 Å². The third kappa shape index (κ3) is 4.45. The van der Waals surface area contributed by atoms with Gasteiger partial charge in [-0.3, -0.25) is 14.5 Å². The molecular weight excluding hydrogens is 346 g/mol. The maximum atomic E-state index is 12.4. The molecule has 1 aliphatic carbocycles. The summed E-state index contributed by atoms with van der Waals surface area (Å²) in [4.78, 5) is 30.4. The first-order valence-electron chi connectivity index (χ1n) is 9.93. The van der Waals surface area contributed by atoms with Crippen LogP contribution in [-0.2, 0) is 16.0 Å². The van der Waals surface area contributed by atoms with Crippen LogP contribution >= 0.6 is 11.3 Å². The van der Waals surface area contributed by atoms with E-state index in [-0.39, 0.29) is 11.8 Å².